The highest BCUT2D eigenvalue weighted by Crippen LogP contribution is 2.41. The van der Waals surface area contributed by atoms with Crippen LogP contribution < -0.4 is 9.47 Å². The summed E-state index contributed by atoms with van der Waals surface area (Å²) in [6.07, 6.45) is 1.50. The van der Waals surface area contributed by atoms with Crippen LogP contribution in [0, 0.1) is 0 Å². The van der Waals surface area contributed by atoms with Gasteiger partial charge in [-0.3, -0.25) is 9.59 Å². The highest BCUT2D eigenvalue weighted by atomic mass is 16.5. The molecule has 2 aliphatic heterocycles. The molecule has 7 heteroatoms. The van der Waals surface area contributed by atoms with Crippen LogP contribution in [0.2, 0.25) is 0 Å². The number of hydrogen-bond donors (Lipinski definition) is 1. The highest BCUT2D eigenvalue weighted by Gasteiger charge is 2.46. The van der Waals surface area contributed by atoms with Crippen molar-refractivity contribution in [1.29, 1.82) is 0 Å². The predicted octanol–water partition coefficient (Wildman–Crippen LogP) is 3.78. The van der Waals surface area contributed by atoms with Crippen molar-refractivity contribution in [2.24, 2.45) is 0 Å². The molecule has 2 unspecified atom stereocenters. The molecule has 0 bridgehead atoms. The lowest BCUT2D eigenvalue weighted by Crippen LogP contribution is -2.32. The van der Waals surface area contributed by atoms with Crippen LogP contribution in [-0.2, 0) is 16.0 Å². The molecule has 0 radical (unpaired) electrons. The molecule has 0 spiro atoms. The van der Waals surface area contributed by atoms with Gasteiger partial charge in [-0.15, -0.1) is 0 Å². The van der Waals surface area contributed by atoms with Gasteiger partial charge in [0.05, 0.1) is 18.2 Å². The zero-order valence-electron chi connectivity index (χ0n) is 20.2. The van der Waals surface area contributed by atoms with Crippen molar-refractivity contribution >= 4 is 17.4 Å². The molecular weight excluding hydrogens is 432 g/mol. The molecule has 0 saturated carbocycles. The van der Waals surface area contributed by atoms with Gasteiger partial charge in [-0.05, 0) is 82.4 Å². The number of aliphatic hydroxyl groups is 1. The van der Waals surface area contributed by atoms with E-state index in [0.29, 0.717) is 30.9 Å². The smallest absolute Gasteiger partial charge is 0.295 e. The summed E-state index contributed by atoms with van der Waals surface area (Å²) in [6, 6.07) is 12.1. The van der Waals surface area contributed by atoms with Crippen molar-refractivity contribution in [3.05, 3.63) is 64.7 Å². The molecule has 180 valence electrons. The molecule has 1 amide bonds. The summed E-state index contributed by atoms with van der Waals surface area (Å²) in [4.78, 5) is 30.0. The van der Waals surface area contributed by atoms with E-state index >= 15 is 0 Å². The van der Waals surface area contributed by atoms with Crippen molar-refractivity contribution in [2.45, 2.75) is 38.8 Å². The van der Waals surface area contributed by atoms with E-state index in [9.17, 15) is 14.7 Å². The zero-order valence-corrected chi connectivity index (χ0v) is 20.2. The Hall–Kier alpha value is -3.32. The third kappa shape index (κ3) is 4.66. The molecule has 2 heterocycles. The molecule has 7 nitrogen and oxygen atoms in total. The number of ketones is 1. The van der Waals surface area contributed by atoms with Crippen molar-refractivity contribution in [2.75, 3.05) is 33.8 Å². The van der Waals surface area contributed by atoms with Crippen molar-refractivity contribution in [1.82, 2.24) is 9.80 Å². The number of benzene rings is 2. The van der Waals surface area contributed by atoms with Gasteiger partial charge in [-0.1, -0.05) is 12.1 Å². The monoisotopic (exact) mass is 464 g/mol. The van der Waals surface area contributed by atoms with Gasteiger partial charge in [0.25, 0.3) is 11.7 Å². The molecule has 4 rings (SSSR count). The molecule has 1 saturated heterocycles. The number of aliphatic hydroxyl groups excluding tert-OH is 1. The third-order valence-corrected chi connectivity index (χ3v) is 6.20. The maximum Gasteiger partial charge on any atom is 0.295 e. The number of hydrogen-bond acceptors (Lipinski definition) is 6. The number of likely N-dealkylation sites (tertiary alicyclic amines) is 1. The Kier molecular flexibility index (Phi) is 6.93. The number of nitrogens with zero attached hydrogens (tertiary/aromatic N) is 2. The summed E-state index contributed by atoms with van der Waals surface area (Å²) >= 11 is 0. The number of Topliss-reactive ketones (excluding diaryl/α,β-unsaturated/α-hetero) is 1. The Morgan fingerprint density at radius 3 is 2.74 bits per heavy atom. The van der Waals surface area contributed by atoms with Crippen molar-refractivity contribution < 1.29 is 24.2 Å². The predicted molar refractivity (Wildman–Crippen MR) is 130 cm³/mol. The van der Waals surface area contributed by atoms with Crippen LogP contribution in [0.25, 0.3) is 5.76 Å². The largest absolute Gasteiger partial charge is 0.507 e. The minimum atomic E-state index is -0.689. The number of ether oxygens (including phenoxy) is 2. The second kappa shape index (κ2) is 9.89. The fourth-order valence-electron chi connectivity index (χ4n) is 4.68. The fourth-order valence-corrected chi connectivity index (χ4v) is 4.68. The van der Waals surface area contributed by atoms with Gasteiger partial charge >= 0.3 is 0 Å². The second-order valence-corrected chi connectivity index (χ2v) is 9.11. The van der Waals surface area contributed by atoms with Gasteiger partial charge < -0.3 is 24.4 Å². The topological polar surface area (TPSA) is 79.3 Å². The summed E-state index contributed by atoms with van der Waals surface area (Å²) in [5.41, 5.74) is 2.32. The van der Waals surface area contributed by atoms with Gasteiger partial charge in [-0.2, -0.15) is 0 Å². The fraction of sp³-hybridized carbons (Fsp3) is 0.407. The highest BCUT2D eigenvalue weighted by molar-refractivity contribution is 6.46. The molecule has 2 aliphatic rings. The van der Waals surface area contributed by atoms with Gasteiger partial charge in [0, 0.05) is 18.5 Å². The molecule has 0 aromatic heterocycles. The Bertz CT molecular complexity index is 1120. The van der Waals surface area contributed by atoms with Gasteiger partial charge in [0.2, 0.25) is 0 Å². The summed E-state index contributed by atoms with van der Waals surface area (Å²) in [7, 11) is 3.94. The SMILES string of the molecule is CCOc1cccc(C2/C(=C(/O)c3ccc4c(c3)CC(C)O4)C(=O)C(=O)N2CCCN(C)C)c1. The lowest BCUT2D eigenvalue weighted by Gasteiger charge is -2.26. The lowest BCUT2D eigenvalue weighted by atomic mass is 9.94. The molecule has 1 N–H and O–H groups in total. The van der Waals surface area contributed by atoms with E-state index in [0.717, 1.165) is 29.8 Å². The number of fused-ring (bicyclic) bond motifs is 1. The summed E-state index contributed by atoms with van der Waals surface area (Å²) in [5, 5.41) is 11.3. The van der Waals surface area contributed by atoms with E-state index in [1.165, 1.54) is 0 Å². The maximum atomic E-state index is 13.2. The van der Waals surface area contributed by atoms with Gasteiger partial charge in [0.15, 0.2) is 0 Å². The third-order valence-electron chi connectivity index (χ3n) is 6.20. The van der Waals surface area contributed by atoms with Crippen LogP contribution in [0.3, 0.4) is 0 Å². The average Bonchev–Trinajstić information content (AvgIpc) is 3.29. The maximum absolute atomic E-state index is 13.2. The molecule has 2 aromatic rings. The van der Waals surface area contributed by atoms with Gasteiger partial charge in [-0.25, -0.2) is 0 Å². The molecule has 2 aromatic carbocycles. The average molecular weight is 465 g/mol. The number of carbonyl (C=O) groups is 2. The molecule has 0 aliphatic carbocycles. The molecular formula is C27H32N2O5. The number of rotatable bonds is 8. The van der Waals surface area contributed by atoms with E-state index in [1.54, 1.807) is 11.0 Å². The number of amides is 1. The van der Waals surface area contributed by atoms with Crippen molar-refractivity contribution in [3.8, 4) is 11.5 Å². The van der Waals surface area contributed by atoms with E-state index < -0.39 is 17.7 Å². The zero-order chi connectivity index (χ0) is 24.4. The van der Waals surface area contributed by atoms with Crippen LogP contribution in [0.4, 0.5) is 0 Å². The summed E-state index contributed by atoms with van der Waals surface area (Å²) in [6.45, 7) is 5.57. The van der Waals surface area contributed by atoms with Crippen LogP contribution in [0.15, 0.2) is 48.0 Å². The first-order valence-corrected chi connectivity index (χ1v) is 11.8. The van der Waals surface area contributed by atoms with Crippen LogP contribution in [-0.4, -0.2) is 66.5 Å². The quantitative estimate of drug-likeness (QED) is 0.364. The first kappa shape index (κ1) is 23.8. The second-order valence-electron chi connectivity index (χ2n) is 9.11. The first-order chi connectivity index (χ1) is 16.3. The van der Waals surface area contributed by atoms with Crippen LogP contribution in [0.5, 0.6) is 11.5 Å². The molecule has 2 atom stereocenters. The number of carbonyl (C=O) groups excluding carboxylic acids is 2. The normalized spacial score (nSPS) is 21.1. The van der Waals surface area contributed by atoms with Gasteiger partial charge in [0.1, 0.15) is 23.4 Å². The lowest BCUT2D eigenvalue weighted by molar-refractivity contribution is -0.139. The Balaban J connectivity index is 1.79. The van der Waals surface area contributed by atoms with E-state index in [2.05, 4.69) is 0 Å². The van der Waals surface area contributed by atoms with Crippen LogP contribution in [0.1, 0.15) is 43.0 Å². The van der Waals surface area contributed by atoms with Crippen LogP contribution >= 0.6 is 0 Å². The summed E-state index contributed by atoms with van der Waals surface area (Å²) in [5.74, 6) is 0.0174. The first-order valence-electron chi connectivity index (χ1n) is 11.8. The van der Waals surface area contributed by atoms with Crippen molar-refractivity contribution in [3.63, 3.8) is 0 Å². The Morgan fingerprint density at radius 2 is 2.00 bits per heavy atom. The summed E-state index contributed by atoms with van der Waals surface area (Å²) < 4.78 is 11.4. The van der Waals surface area contributed by atoms with E-state index in [-0.39, 0.29) is 17.4 Å². The Labute approximate surface area is 200 Å². The standard InChI is InChI=1S/C27H32N2O5/c1-5-33-21-9-6-8-18(16-21)24-23(26(31)27(32)29(24)13-7-12-28(3)4)25(30)19-10-11-22-20(15-19)14-17(2)34-22/h6,8-11,15-17,24,30H,5,7,12-14H2,1-4H3/b25-23-. The minimum Gasteiger partial charge on any atom is -0.507 e. The molecule has 34 heavy (non-hydrogen) atoms. The molecule has 1 fully saturated rings. The minimum absolute atomic E-state index is 0.0657. The van der Waals surface area contributed by atoms with E-state index in [4.69, 9.17) is 9.47 Å². The Morgan fingerprint density at radius 1 is 1.21 bits per heavy atom. The van der Waals surface area contributed by atoms with E-state index in [1.807, 2.05) is 69.2 Å².